The number of aromatic nitrogens is 1. The van der Waals surface area contributed by atoms with Crippen LogP contribution in [0.2, 0.25) is 0 Å². The van der Waals surface area contributed by atoms with E-state index in [1.165, 1.54) is 6.20 Å². The number of aliphatic carboxylic acids is 1. The van der Waals surface area contributed by atoms with Gasteiger partial charge in [-0.2, -0.15) is 0 Å². The maximum atomic E-state index is 14.0. The Morgan fingerprint density at radius 1 is 1.07 bits per heavy atom. The van der Waals surface area contributed by atoms with Crippen molar-refractivity contribution >= 4 is 35.7 Å². The fourth-order valence-electron chi connectivity index (χ4n) is 4.61. The second kappa shape index (κ2) is 14.6. The van der Waals surface area contributed by atoms with Gasteiger partial charge in [0.25, 0.3) is 5.91 Å². The molecule has 12 nitrogen and oxygen atoms in total. The summed E-state index contributed by atoms with van der Waals surface area (Å²) >= 11 is 0. The van der Waals surface area contributed by atoms with Gasteiger partial charge in [-0.25, -0.2) is 14.6 Å². The lowest BCUT2D eigenvalue weighted by atomic mass is 9.97. The van der Waals surface area contributed by atoms with Gasteiger partial charge in [-0.3, -0.25) is 19.3 Å². The highest BCUT2D eigenvalue weighted by Crippen LogP contribution is 2.31. The quantitative estimate of drug-likeness (QED) is 0.312. The highest BCUT2D eigenvalue weighted by atomic mass is 16.6. The molecule has 0 fully saturated rings. The van der Waals surface area contributed by atoms with Crippen LogP contribution >= 0.6 is 0 Å². The van der Waals surface area contributed by atoms with Crippen molar-refractivity contribution in [2.24, 2.45) is 5.92 Å². The summed E-state index contributed by atoms with van der Waals surface area (Å²) in [6.45, 7) is 8.72. The topological polar surface area (TPSA) is 164 Å². The molecule has 0 spiro atoms. The second-order valence-corrected chi connectivity index (χ2v) is 11.5. The lowest BCUT2D eigenvalue weighted by Crippen LogP contribution is -2.58. The highest BCUT2D eigenvalue weighted by molar-refractivity contribution is 6.05. The molecule has 3 amide bonds. The van der Waals surface area contributed by atoms with Crippen LogP contribution in [0.15, 0.2) is 48.7 Å². The number of carboxylic acid groups (broad SMARTS) is 1. The third kappa shape index (κ3) is 9.25. The Balaban J connectivity index is 1.84. The van der Waals surface area contributed by atoms with Gasteiger partial charge in [0.15, 0.2) is 0 Å². The summed E-state index contributed by atoms with van der Waals surface area (Å²) in [6.07, 6.45) is 0.786. The summed E-state index contributed by atoms with van der Waals surface area (Å²) in [6, 6.07) is 8.76. The molecule has 0 bridgehead atoms. The number of ether oxygens (including phenoxy) is 2. The van der Waals surface area contributed by atoms with E-state index in [0.717, 1.165) is 10.5 Å². The smallest absolute Gasteiger partial charge is 0.408 e. The van der Waals surface area contributed by atoms with Gasteiger partial charge in [-0.05, 0) is 50.3 Å². The van der Waals surface area contributed by atoms with E-state index in [-0.39, 0.29) is 37.6 Å². The summed E-state index contributed by atoms with van der Waals surface area (Å²) < 4.78 is 10.7. The molecule has 2 aromatic rings. The lowest BCUT2D eigenvalue weighted by molar-refractivity contribution is -0.146. The Morgan fingerprint density at radius 3 is 2.40 bits per heavy atom. The van der Waals surface area contributed by atoms with Crippen LogP contribution in [0.3, 0.4) is 0 Å². The molecular weight excluding hydrogens is 556 g/mol. The molecule has 0 saturated heterocycles. The first-order chi connectivity index (χ1) is 20.3. The third-order valence-corrected chi connectivity index (χ3v) is 7.01. The molecule has 3 N–H and O–H groups in total. The molecule has 1 unspecified atom stereocenters. The van der Waals surface area contributed by atoms with Crippen LogP contribution in [0.1, 0.15) is 65.0 Å². The van der Waals surface area contributed by atoms with Crippen LogP contribution in [-0.2, 0) is 41.7 Å². The maximum Gasteiger partial charge on any atom is 0.408 e. The zero-order chi connectivity index (χ0) is 31.7. The zero-order valence-electron chi connectivity index (χ0n) is 25.2. The van der Waals surface area contributed by atoms with Crippen molar-refractivity contribution in [2.75, 3.05) is 4.90 Å². The van der Waals surface area contributed by atoms with Crippen molar-refractivity contribution in [3.8, 4) is 0 Å². The largest absolute Gasteiger partial charge is 0.480 e. The van der Waals surface area contributed by atoms with E-state index in [1.807, 2.05) is 25.1 Å². The predicted octanol–water partition coefficient (Wildman–Crippen LogP) is 3.37. The molecular formula is C31H40N4O8. The van der Waals surface area contributed by atoms with Gasteiger partial charge in [0, 0.05) is 19.0 Å². The Labute approximate surface area is 251 Å². The Kier molecular flexibility index (Phi) is 11.2. The number of hydrogen-bond acceptors (Lipinski definition) is 8. The van der Waals surface area contributed by atoms with Gasteiger partial charge in [0.05, 0.1) is 0 Å². The number of carbonyl (C=O) groups excluding carboxylic acids is 4. The van der Waals surface area contributed by atoms with Gasteiger partial charge in [-0.15, -0.1) is 0 Å². The van der Waals surface area contributed by atoms with Gasteiger partial charge in [0.2, 0.25) is 5.91 Å². The van der Waals surface area contributed by atoms with E-state index in [0.29, 0.717) is 12.0 Å². The molecule has 1 aromatic carbocycles. The molecule has 0 saturated carbocycles. The Morgan fingerprint density at radius 2 is 1.77 bits per heavy atom. The van der Waals surface area contributed by atoms with E-state index in [4.69, 9.17) is 9.47 Å². The number of rotatable bonds is 12. The standard InChI is InChI=1S/C31H40N4O8/c1-6-19(2)25(34-30(41)43-31(3,4)5)27(37)33-22(14-15-24(36)42-18-20-11-8-7-9-12-20)28(38)35-23(29(39)40)17-21-13-10-16-32-26(21)35/h7-13,16,19,22-23,25H,6,14-15,17-18H2,1-5H3,(H,33,37)(H,34,41)(H,39,40)/t19-,22-,23?,25-/m0/s1. The summed E-state index contributed by atoms with van der Waals surface area (Å²) in [5.74, 6) is -3.42. The molecule has 0 radical (unpaired) electrons. The first kappa shape index (κ1) is 33.0. The average Bonchev–Trinajstić information content (AvgIpc) is 3.36. The molecule has 4 atom stereocenters. The minimum Gasteiger partial charge on any atom is -0.480 e. The van der Waals surface area contributed by atoms with Crippen LogP contribution in [0.4, 0.5) is 10.6 Å². The highest BCUT2D eigenvalue weighted by Gasteiger charge is 2.43. The number of hydrogen-bond donors (Lipinski definition) is 3. The number of esters is 1. The van der Waals surface area contributed by atoms with Crippen molar-refractivity contribution in [3.05, 3.63) is 59.8 Å². The van der Waals surface area contributed by atoms with E-state index in [2.05, 4.69) is 15.6 Å². The van der Waals surface area contributed by atoms with Crippen molar-refractivity contribution in [2.45, 2.75) is 90.6 Å². The summed E-state index contributed by atoms with van der Waals surface area (Å²) in [7, 11) is 0. The van der Waals surface area contributed by atoms with Crippen LogP contribution in [0.25, 0.3) is 0 Å². The fraction of sp³-hybridized carbons (Fsp3) is 0.484. The first-order valence-corrected chi connectivity index (χ1v) is 14.3. The van der Waals surface area contributed by atoms with Gasteiger partial charge in [-0.1, -0.05) is 56.7 Å². The predicted molar refractivity (Wildman–Crippen MR) is 157 cm³/mol. The lowest BCUT2D eigenvalue weighted by Gasteiger charge is -2.30. The second-order valence-electron chi connectivity index (χ2n) is 11.5. The maximum absolute atomic E-state index is 14.0. The third-order valence-electron chi connectivity index (χ3n) is 7.01. The van der Waals surface area contributed by atoms with Crippen LogP contribution in [0.5, 0.6) is 0 Å². The number of alkyl carbamates (subject to hydrolysis) is 1. The van der Waals surface area contributed by atoms with Crippen molar-refractivity contribution in [1.29, 1.82) is 0 Å². The molecule has 1 aliphatic heterocycles. The molecule has 232 valence electrons. The normalized spacial score (nSPS) is 16.3. The minimum atomic E-state index is -1.32. The molecule has 12 heteroatoms. The monoisotopic (exact) mass is 596 g/mol. The van der Waals surface area contributed by atoms with Crippen molar-refractivity contribution in [3.63, 3.8) is 0 Å². The number of fused-ring (bicyclic) bond motifs is 1. The zero-order valence-corrected chi connectivity index (χ0v) is 25.2. The number of benzene rings is 1. The van der Waals surface area contributed by atoms with E-state index in [9.17, 15) is 29.1 Å². The van der Waals surface area contributed by atoms with Crippen molar-refractivity contribution < 1.29 is 38.6 Å². The van der Waals surface area contributed by atoms with Gasteiger partial charge >= 0.3 is 18.0 Å². The Hall–Kier alpha value is -4.48. The summed E-state index contributed by atoms with van der Waals surface area (Å²) in [5.41, 5.74) is 0.548. The molecule has 1 aromatic heterocycles. The number of pyridine rings is 1. The minimum absolute atomic E-state index is 0.0328. The number of anilines is 1. The SMILES string of the molecule is CC[C@H](C)[C@H](NC(=O)OC(C)(C)C)C(=O)N[C@@H](CCC(=O)OCc1ccccc1)C(=O)N1c2ncccc2CC1C(=O)O. The molecule has 43 heavy (non-hydrogen) atoms. The number of carboxylic acids is 1. The van der Waals surface area contributed by atoms with E-state index >= 15 is 0 Å². The number of nitrogens with one attached hydrogen (secondary N) is 2. The van der Waals surface area contributed by atoms with Crippen molar-refractivity contribution in [1.82, 2.24) is 15.6 Å². The van der Waals surface area contributed by atoms with E-state index < -0.39 is 53.6 Å². The summed E-state index contributed by atoms with van der Waals surface area (Å²) in [5, 5.41) is 15.2. The molecule has 2 heterocycles. The fourth-order valence-corrected chi connectivity index (χ4v) is 4.61. The van der Waals surface area contributed by atoms with Crippen LogP contribution < -0.4 is 15.5 Å². The number of nitrogens with zero attached hydrogens (tertiary/aromatic N) is 2. The molecule has 1 aliphatic rings. The van der Waals surface area contributed by atoms with Gasteiger partial charge in [0.1, 0.15) is 36.2 Å². The average molecular weight is 597 g/mol. The first-order valence-electron chi connectivity index (χ1n) is 14.3. The number of carbonyl (C=O) groups is 5. The van der Waals surface area contributed by atoms with Crippen LogP contribution in [0, 0.1) is 5.92 Å². The number of amides is 3. The Bertz CT molecular complexity index is 1310. The summed E-state index contributed by atoms with van der Waals surface area (Å²) in [4.78, 5) is 70.2. The molecule has 0 aliphatic carbocycles. The van der Waals surface area contributed by atoms with Crippen LogP contribution in [-0.4, -0.2) is 63.7 Å². The molecule has 3 rings (SSSR count). The van der Waals surface area contributed by atoms with Gasteiger partial charge < -0.3 is 25.2 Å². The van der Waals surface area contributed by atoms with E-state index in [1.54, 1.807) is 52.0 Å².